The minimum atomic E-state index is -4.43. The van der Waals surface area contributed by atoms with Crippen molar-refractivity contribution in [2.45, 2.75) is 19.2 Å². The Morgan fingerprint density at radius 3 is 2.30 bits per heavy atom. The molecule has 20 heavy (non-hydrogen) atoms. The van der Waals surface area contributed by atoms with Crippen molar-refractivity contribution < 1.29 is 18.3 Å². The van der Waals surface area contributed by atoms with Crippen LogP contribution in [-0.2, 0) is 6.18 Å². The highest BCUT2D eigenvalue weighted by atomic mass is 79.9. The van der Waals surface area contributed by atoms with E-state index in [1.54, 1.807) is 25.1 Å². The quantitative estimate of drug-likeness (QED) is 0.824. The molecular formula is C15H12BrF3O. The molecule has 0 aliphatic carbocycles. The number of aryl methyl sites for hydroxylation is 1. The van der Waals surface area contributed by atoms with Crippen LogP contribution in [0.3, 0.4) is 0 Å². The summed E-state index contributed by atoms with van der Waals surface area (Å²) < 4.78 is 38.7. The zero-order chi connectivity index (χ0) is 14.9. The Balaban J connectivity index is 2.50. The van der Waals surface area contributed by atoms with Gasteiger partial charge in [-0.15, -0.1) is 0 Å². The molecule has 0 saturated heterocycles. The van der Waals surface area contributed by atoms with Crippen LogP contribution in [0.1, 0.15) is 28.4 Å². The predicted octanol–water partition coefficient (Wildman–Crippen LogP) is 4.86. The summed E-state index contributed by atoms with van der Waals surface area (Å²) in [4.78, 5) is 0. The third-order valence-electron chi connectivity index (χ3n) is 3.10. The second-order valence-electron chi connectivity index (χ2n) is 4.49. The van der Waals surface area contributed by atoms with Crippen LogP contribution in [0.15, 0.2) is 46.9 Å². The standard InChI is InChI=1S/C15H12BrF3O/c1-9-4-2-3-5-11(9)14(20)12-8-10(15(17,18)19)6-7-13(12)16/h2-8,14,20H,1H3. The normalized spacial score (nSPS) is 13.3. The Morgan fingerprint density at radius 2 is 1.70 bits per heavy atom. The minimum absolute atomic E-state index is 0.203. The summed E-state index contributed by atoms with van der Waals surface area (Å²) >= 11 is 3.19. The van der Waals surface area contributed by atoms with Crippen molar-refractivity contribution in [3.8, 4) is 0 Å². The monoisotopic (exact) mass is 344 g/mol. The molecule has 1 atom stereocenters. The van der Waals surface area contributed by atoms with Crippen LogP contribution in [0.25, 0.3) is 0 Å². The van der Waals surface area contributed by atoms with Gasteiger partial charge in [0.15, 0.2) is 0 Å². The summed E-state index contributed by atoms with van der Waals surface area (Å²) in [6, 6.07) is 10.3. The summed E-state index contributed by atoms with van der Waals surface area (Å²) in [5, 5.41) is 10.3. The zero-order valence-corrected chi connectivity index (χ0v) is 12.2. The van der Waals surface area contributed by atoms with Gasteiger partial charge in [0.2, 0.25) is 0 Å². The van der Waals surface area contributed by atoms with Crippen LogP contribution in [0.5, 0.6) is 0 Å². The van der Waals surface area contributed by atoms with Gasteiger partial charge in [0.25, 0.3) is 0 Å². The van der Waals surface area contributed by atoms with E-state index in [0.29, 0.717) is 10.0 Å². The fourth-order valence-corrected chi connectivity index (χ4v) is 2.45. The van der Waals surface area contributed by atoms with Gasteiger partial charge < -0.3 is 5.11 Å². The van der Waals surface area contributed by atoms with E-state index in [2.05, 4.69) is 15.9 Å². The lowest BCUT2D eigenvalue weighted by molar-refractivity contribution is -0.137. The second kappa shape index (κ2) is 5.58. The van der Waals surface area contributed by atoms with E-state index in [9.17, 15) is 18.3 Å². The molecule has 0 fully saturated rings. The molecule has 0 bridgehead atoms. The van der Waals surface area contributed by atoms with Crippen molar-refractivity contribution in [1.29, 1.82) is 0 Å². The van der Waals surface area contributed by atoms with Crippen molar-refractivity contribution >= 4 is 15.9 Å². The van der Waals surface area contributed by atoms with E-state index >= 15 is 0 Å². The van der Waals surface area contributed by atoms with Gasteiger partial charge in [-0.25, -0.2) is 0 Å². The molecule has 0 aliphatic rings. The third kappa shape index (κ3) is 3.04. The highest BCUT2D eigenvalue weighted by molar-refractivity contribution is 9.10. The molecule has 0 radical (unpaired) electrons. The van der Waals surface area contributed by atoms with Crippen molar-refractivity contribution in [2.24, 2.45) is 0 Å². The molecule has 0 aliphatic heterocycles. The number of aliphatic hydroxyl groups excluding tert-OH is 1. The van der Waals surface area contributed by atoms with E-state index in [1.165, 1.54) is 6.07 Å². The summed E-state index contributed by atoms with van der Waals surface area (Å²) in [6.45, 7) is 1.81. The highest BCUT2D eigenvalue weighted by Crippen LogP contribution is 2.36. The smallest absolute Gasteiger partial charge is 0.384 e. The summed E-state index contributed by atoms with van der Waals surface area (Å²) in [6.07, 6.45) is -5.53. The fourth-order valence-electron chi connectivity index (χ4n) is 1.99. The van der Waals surface area contributed by atoms with Crippen LogP contribution in [0.2, 0.25) is 0 Å². The number of halogens is 4. The molecule has 2 aromatic carbocycles. The number of hydrogen-bond acceptors (Lipinski definition) is 1. The lowest BCUT2D eigenvalue weighted by Crippen LogP contribution is -2.08. The molecule has 106 valence electrons. The van der Waals surface area contributed by atoms with Gasteiger partial charge >= 0.3 is 6.18 Å². The zero-order valence-electron chi connectivity index (χ0n) is 10.6. The van der Waals surface area contributed by atoms with Crippen molar-refractivity contribution in [2.75, 3.05) is 0 Å². The lowest BCUT2D eigenvalue weighted by Gasteiger charge is -2.17. The van der Waals surface area contributed by atoms with Gasteiger partial charge in [-0.3, -0.25) is 0 Å². The molecule has 0 amide bonds. The van der Waals surface area contributed by atoms with E-state index in [4.69, 9.17) is 0 Å². The molecule has 1 nitrogen and oxygen atoms in total. The first kappa shape index (κ1) is 15.1. The molecule has 0 heterocycles. The predicted molar refractivity (Wildman–Crippen MR) is 74.4 cm³/mol. The van der Waals surface area contributed by atoms with Gasteiger partial charge in [-0.1, -0.05) is 40.2 Å². The van der Waals surface area contributed by atoms with Gasteiger partial charge in [0, 0.05) is 4.47 Å². The maximum absolute atomic E-state index is 12.7. The van der Waals surface area contributed by atoms with Crippen molar-refractivity contribution in [3.63, 3.8) is 0 Å². The van der Waals surface area contributed by atoms with Gasteiger partial charge in [-0.05, 0) is 41.8 Å². The maximum Gasteiger partial charge on any atom is 0.416 e. The number of benzene rings is 2. The van der Waals surface area contributed by atoms with Crippen LogP contribution in [-0.4, -0.2) is 5.11 Å². The number of aliphatic hydroxyl groups is 1. The Kier molecular flexibility index (Phi) is 4.20. The average Bonchev–Trinajstić information content (AvgIpc) is 2.37. The number of alkyl halides is 3. The Morgan fingerprint density at radius 1 is 1.05 bits per heavy atom. The molecule has 0 aromatic heterocycles. The molecule has 5 heteroatoms. The fraction of sp³-hybridized carbons (Fsp3) is 0.200. The Labute approximate surface area is 123 Å². The SMILES string of the molecule is Cc1ccccc1C(O)c1cc(C(F)(F)F)ccc1Br. The van der Waals surface area contributed by atoms with E-state index in [1.807, 2.05) is 6.07 Å². The molecular weight excluding hydrogens is 333 g/mol. The first-order valence-electron chi connectivity index (χ1n) is 5.91. The molecule has 1 N–H and O–H groups in total. The van der Waals surface area contributed by atoms with Crippen LogP contribution in [0.4, 0.5) is 13.2 Å². The lowest BCUT2D eigenvalue weighted by atomic mass is 9.96. The largest absolute Gasteiger partial charge is 0.416 e. The molecule has 2 aromatic rings. The Bertz CT molecular complexity index is 623. The number of rotatable bonds is 2. The highest BCUT2D eigenvalue weighted by Gasteiger charge is 2.31. The van der Waals surface area contributed by atoms with Crippen molar-refractivity contribution in [1.82, 2.24) is 0 Å². The van der Waals surface area contributed by atoms with Crippen LogP contribution in [0, 0.1) is 6.92 Å². The van der Waals surface area contributed by atoms with Crippen LogP contribution >= 0.6 is 15.9 Å². The molecule has 1 unspecified atom stereocenters. The molecule has 2 rings (SSSR count). The summed E-state index contributed by atoms with van der Waals surface area (Å²) in [7, 11) is 0. The molecule has 0 saturated carbocycles. The topological polar surface area (TPSA) is 20.2 Å². The van der Waals surface area contributed by atoms with E-state index in [0.717, 1.165) is 17.7 Å². The third-order valence-corrected chi connectivity index (χ3v) is 3.82. The first-order chi connectivity index (χ1) is 9.30. The summed E-state index contributed by atoms with van der Waals surface area (Å²) in [5.41, 5.74) is 0.842. The van der Waals surface area contributed by atoms with Gasteiger partial charge in [0.1, 0.15) is 6.10 Å². The van der Waals surface area contributed by atoms with E-state index < -0.39 is 17.8 Å². The van der Waals surface area contributed by atoms with Crippen LogP contribution < -0.4 is 0 Å². The van der Waals surface area contributed by atoms with Gasteiger partial charge in [0.05, 0.1) is 5.56 Å². The summed E-state index contributed by atoms with van der Waals surface area (Å²) in [5.74, 6) is 0. The van der Waals surface area contributed by atoms with Gasteiger partial charge in [-0.2, -0.15) is 13.2 Å². The number of hydrogen-bond donors (Lipinski definition) is 1. The van der Waals surface area contributed by atoms with Crippen molar-refractivity contribution in [3.05, 3.63) is 69.2 Å². The van der Waals surface area contributed by atoms with E-state index in [-0.39, 0.29) is 5.56 Å². The maximum atomic E-state index is 12.7. The molecule has 0 spiro atoms. The minimum Gasteiger partial charge on any atom is -0.384 e. The Hall–Kier alpha value is -1.33. The average molecular weight is 345 g/mol. The second-order valence-corrected chi connectivity index (χ2v) is 5.35. The first-order valence-corrected chi connectivity index (χ1v) is 6.70.